The predicted molar refractivity (Wildman–Crippen MR) is 74.3 cm³/mol. The molecule has 0 radical (unpaired) electrons. The zero-order valence-corrected chi connectivity index (χ0v) is 12.0. The van der Waals surface area contributed by atoms with Gasteiger partial charge in [0.15, 0.2) is 0 Å². The normalized spacial score (nSPS) is 13.2. The average Bonchev–Trinajstić information content (AvgIpc) is 2.31. The highest BCUT2D eigenvalue weighted by Gasteiger charge is 2.21. The zero-order chi connectivity index (χ0) is 15.2. The van der Waals surface area contributed by atoms with Crippen molar-refractivity contribution in [2.45, 2.75) is 33.3 Å². The number of likely N-dealkylation sites (N-methyl/N-ethyl adjacent to an activating group) is 1. The van der Waals surface area contributed by atoms with Crippen molar-refractivity contribution < 1.29 is 13.9 Å². The Hall–Kier alpha value is -2.09. The molecule has 0 aromatic rings. The van der Waals surface area contributed by atoms with Crippen LogP contribution in [0.15, 0.2) is 29.2 Å². The molecule has 0 spiro atoms. The van der Waals surface area contributed by atoms with Crippen molar-refractivity contribution in [3.8, 4) is 12.3 Å². The van der Waals surface area contributed by atoms with E-state index < -0.39 is 17.6 Å². The van der Waals surface area contributed by atoms with Gasteiger partial charge in [-0.3, -0.25) is 4.90 Å². The van der Waals surface area contributed by atoms with Gasteiger partial charge in [-0.1, -0.05) is 12.5 Å². The van der Waals surface area contributed by atoms with Crippen LogP contribution in [-0.4, -0.2) is 29.5 Å². The van der Waals surface area contributed by atoms with Crippen LogP contribution < -0.4 is 0 Å². The number of amidine groups is 1. The Labute approximate surface area is 113 Å². The summed E-state index contributed by atoms with van der Waals surface area (Å²) in [5, 5.41) is 0. The minimum Gasteiger partial charge on any atom is -0.443 e. The molecule has 0 N–H and O–H groups in total. The van der Waals surface area contributed by atoms with Crippen molar-refractivity contribution >= 4 is 11.9 Å². The van der Waals surface area contributed by atoms with Crippen LogP contribution in [-0.2, 0) is 4.74 Å². The zero-order valence-electron chi connectivity index (χ0n) is 12.0. The van der Waals surface area contributed by atoms with Crippen LogP contribution in [0.4, 0.5) is 9.18 Å². The first-order valence-electron chi connectivity index (χ1n) is 5.63. The third-order valence-electron chi connectivity index (χ3n) is 1.93. The molecule has 0 saturated carbocycles. The smallest absolute Gasteiger partial charge is 0.415 e. The molecule has 4 nitrogen and oxygen atoms in total. The standard InChI is InChI=1S/C14H19FN2O2/c1-8-10(3)12(15)16-11(9-2)17(7)13(18)19-14(4,5)6/h1,9H,2H2,3-7H3/b12-10+,16-11+. The molecule has 0 unspecified atom stereocenters. The van der Waals surface area contributed by atoms with Crippen molar-refractivity contribution in [1.29, 1.82) is 0 Å². The summed E-state index contributed by atoms with van der Waals surface area (Å²) in [6, 6.07) is 0. The molecule has 5 heteroatoms. The van der Waals surface area contributed by atoms with E-state index in [2.05, 4.69) is 17.5 Å². The molecule has 0 aliphatic heterocycles. The lowest BCUT2D eigenvalue weighted by molar-refractivity contribution is 0.0403. The number of nitrogens with zero attached hydrogens (tertiary/aromatic N) is 2. The van der Waals surface area contributed by atoms with E-state index in [-0.39, 0.29) is 11.4 Å². The van der Waals surface area contributed by atoms with Gasteiger partial charge in [0.1, 0.15) is 11.4 Å². The summed E-state index contributed by atoms with van der Waals surface area (Å²) in [4.78, 5) is 16.4. The first kappa shape index (κ1) is 16.9. The molecule has 104 valence electrons. The van der Waals surface area contributed by atoms with E-state index in [9.17, 15) is 9.18 Å². The fourth-order valence-corrected chi connectivity index (χ4v) is 0.925. The van der Waals surface area contributed by atoms with Gasteiger partial charge < -0.3 is 4.74 Å². The summed E-state index contributed by atoms with van der Waals surface area (Å²) in [5.74, 6) is 1.30. The van der Waals surface area contributed by atoms with Gasteiger partial charge in [0.25, 0.3) is 0 Å². The summed E-state index contributed by atoms with van der Waals surface area (Å²) < 4.78 is 18.6. The lowest BCUT2D eigenvalue weighted by Gasteiger charge is -2.24. The number of aliphatic imine (C=N–C) groups is 1. The van der Waals surface area contributed by atoms with Crippen molar-refractivity contribution in [3.05, 3.63) is 24.2 Å². The minimum absolute atomic E-state index is 0.0151. The molecular weight excluding hydrogens is 247 g/mol. The fraction of sp³-hybridized carbons (Fsp3) is 0.429. The van der Waals surface area contributed by atoms with Crippen LogP contribution in [0.25, 0.3) is 0 Å². The molecule has 0 aromatic heterocycles. The van der Waals surface area contributed by atoms with Gasteiger partial charge in [0.05, 0.1) is 5.57 Å². The van der Waals surface area contributed by atoms with Gasteiger partial charge in [0.2, 0.25) is 5.95 Å². The average molecular weight is 266 g/mol. The Morgan fingerprint density at radius 2 is 2.05 bits per heavy atom. The number of amides is 1. The molecule has 0 rings (SSSR count). The quantitative estimate of drug-likeness (QED) is 0.333. The third-order valence-corrected chi connectivity index (χ3v) is 1.93. The number of carbonyl (C=O) groups is 1. The topological polar surface area (TPSA) is 41.9 Å². The minimum atomic E-state index is -0.840. The SMILES string of the molecule is C#C/C(C)=C(F)/N=C(\C=C)N(C)C(=O)OC(C)(C)C. The molecule has 0 aliphatic rings. The van der Waals surface area contributed by atoms with Crippen LogP contribution >= 0.6 is 0 Å². The number of terminal acetylenes is 1. The van der Waals surface area contributed by atoms with E-state index in [1.165, 1.54) is 20.0 Å². The summed E-state index contributed by atoms with van der Waals surface area (Å²) >= 11 is 0. The first-order chi connectivity index (χ1) is 8.62. The molecule has 19 heavy (non-hydrogen) atoms. The number of ether oxygens (including phenoxy) is 1. The number of allylic oxidation sites excluding steroid dienone is 1. The lowest BCUT2D eigenvalue weighted by Crippen LogP contribution is -2.37. The third kappa shape index (κ3) is 5.87. The summed E-state index contributed by atoms with van der Waals surface area (Å²) in [6.07, 6.45) is 5.65. The number of rotatable bonds is 2. The van der Waals surface area contributed by atoms with Gasteiger partial charge in [-0.05, 0) is 33.8 Å². The van der Waals surface area contributed by atoms with Crippen LogP contribution in [0, 0.1) is 12.3 Å². The Morgan fingerprint density at radius 3 is 2.42 bits per heavy atom. The van der Waals surface area contributed by atoms with Gasteiger partial charge in [-0.2, -0.15) is 4.39 Å². The van der Waals surface area contributed by atoms with Crippen LogP contribution in [0.5, 0.6) is 0 Å². The molecule has 0 atom stereocenters. The molecule has 0 fully saturated rings. The molecule has 0 aromatic carbocycles. The van der Waals surface area contributed by atoms with Crippen LogP contribution in [0.3, 0.4) is 0 Å². The Kier molecular flexibility index (Phi) is 6.00. The molecule has 0 bridgehead atoms. The van der Waals surface area contributed by atoms with E-state index in [0.29, 0.717) is 0 Å². The molecule has 0 heterocycles. The first-order valence-corrected chi connectivity index (χ1v) is 5.63. The maximum absolute atomic E-state index is 13.5. The Balaban J connectivity index is 5.19. The second-order valence-corrected chi connectivity index (χ2v) is 4.77. The highest BCUT2D eigenvalue weighted by atomic mass is 19.1. The fourth-order valence-electron chi connectivity index (χ4n) is 0.925. The van der Waals surface area contributed by atoms with Gasteiger partial charge in [0, 0.05) is 7.05 Å². The van der Waals surface area contributed by atoms with Crippen molar-refractivity contribution in [2.24, 2.45) is 4.99 Å². The van der Waals surface area contributed by atoms with E-state index in [1.807, 2.05) is 0 Å². The second kappa shape index (κ2) is 6.74. The Bertz CT molecular complexity index is 465. The van der Waals surface area contributed by atoms with Crippen molar-refractivity contribution in [2.75, 3.05) is 7.05 Å². The second-order valence-electron chi connectivity index (χ2n) is 4.77. The number of hydrogen-bond donors (Lipinski definition) is 0. The van der Waals surface area contributed by atoms with E-state index in [4.69, 9.17) is 11.2 Å². The van der Waals surface area contributed by atoms with Gasteiger partial charge in [-0.15, -0.1) is 6.42 Å². The number of halogens is 1. The highest BCUT2D eigenvalue weighted by molar-refractivity contribution is 6.02. The monoisotopic (exact) mass is 266 g/mol. The predicted octanol–water partition coefficient (Wildman–Crippen LogP) is 3.27. The molecular formula is C14H19FN2O2. The lowest BCUT2D eigenvalue weighted by atomic mass is 10.2. The van der Waals surface area contributed by atoms with Gasteiger partial charge >= 0.3 is 6.09 Å². The molecule has 0 aliphatic carbocycles. The van der Waals surface area contributed by atoms with E-state index >= 15 is 0 Å². The van der Waals surface area contributed by atoms with E-state index in [0.717, 1.165) is 4.90 Å². The maximum Gasteiger partial charge on any atom is 0.415 e. The van der Waals surface area contributed by atoms with Crippen LogP contribution in [0.2, 0.25) is 0 Å². The largest absolute Gasteiger partial charge is 0.443 e. The summed E-state index contributed by atoms with van der Waals surface area (Å²) in [6.45, 7) is 10.1. The van der Waals surface area contributed by atoms with Gasteiger partial charge in [-0.25, -0.2) is 9.79 Å². The van der Waals surface area contributed by atoms with Crippen LogP contribution in [0.1, 0.15) is 27.7 Å². The van der Waals surface area contributed by atoms with Crippen molar-refractivity contribution in [1.82, 2.24) is 4.90 Å². The number of carbonyl (C=O) groups excluding carboxylic acids is 1. The van der Waals surface area contributed by atoms with E-state index in [1.54, 1.807) is 20.8 Å². The molecule has 1 amide bonds. The summed E-state index contributed by atoms with van der Waals surface area (Å²) in [5.41, 5.74) is -0.613. The molecule has 0 saturated heterocycles. The highest BCUT2D eigenvalue weighted by Crippen LogP contribution is 2.12. The summed E-state index contributed by atoms with van der Waals surface area (Å²) in [7, 11) is 1.41. The Morgan fingerprint density at radius 1 is 1.53 bits per heavy atom. The maximum atomic E-state index is 13.5. The number of hydrogen-bond acceptors (Lipinski definition) is 3. The van der Waals surface area contributed by atoms with Crippen molar-refractivity contribution in [3.63, 3.8) is 0 Å².